The summed E-state index contributed by atoms with van der Waals surface area (Å²) < 4.78 is 11.3. The van der Waals surface area contributed by atoms with Crippen LogP contribution in [0.25, 0.3) is 0 Å². The van der Waals surface area contributed by atoms with Crippen LogP contribution in [0, 0.1) is 5.92 Å². The highest BCUT2D eigenvalue weighted by Crippen LogP contribution is 2.39. The molecule has 3 atom stereocenters. The number of rotatable bonds is 3. The second-order valence-electron chi connectivity index (χ2n) is 9.46. The number of urea groups is 1. The van der Waals surface area contributed by atoms with Crippen molar-refractivity contribution in [2.45, 2.75) is 44.2 Å². The number of imide groups is 1. The Hall–Kier alpha value is -3.14. The van der Waals surface area contributed by atoms with Gasteiger partial charge in [-0.1, -0.05) is 31.9 Å². The fourth-order valence-electron chi connectivity index (χ4n) is 5.45. The van der Waals surface area contributed by atoms with Crippen LogP contribution in [0.5, 0.6) is 5.75 Å². The predicted octanol–water partition coefficient (Wildman–Crippen LogP) is 1.14. The van der Waals surface area contributed by atoms with Gasteiger partial charge >= 0.3 is 6.03 Å². The number of carbonyl (C=O) groups excluding carboxylic acids is 4. The quantitative estimate of drug-likeness (QED) is 0.664. The Morgan fingerprint density at radius 1 is 1.15 bits per heavy atom. The molecule has 1 aromatic carbocycles. The van der Waals surface area contributed by atoms with E-state index in [2.05, 4.69) is 5.32 Å². The Balaban J connectivity index is 1.35. The fourth-order valence-corrected chi connectivity index (χ4v) is 5.45. The SMILES string of the molecule is CC1CCCCC12NC(=O)N(CC(=O)N1CC(C(=O)N3CCOCC3)Oc3ccccc31)C2=O. The molecular weight excluding hydrogens is 440 g/mol. The molecular formula is C24H30N4O6. The number of anilines is 1. The van der Waals surface area contributed by atoms with Gasteiger partial charge in [0, 0.05) is 13.1 Å². The van der Waals surface area contributed by atoms with E-state index in [1.54, 1.807) is 29.2 Å². The molecule has 4 aliphatic rings. The van der Waals surface area contributed by atoms with Crippen LogP contribution in [-0.4, -0.2) is 84.6 Å². The van der Waals surface area contributed by atoms with Crippen molar-refractivity contribution >= 4 is 29.4 Å². The van der Waals surface area contributed by atoms with Crippen LogP contribution in [0.4, 0.5) is 10.5 Å². The molecule has 5 amide bonds. The number of nitrogens with zero attached hydrogens (tertiary/aromatic N) is 3. The highest BCUT2D eigenvalue weighted by atomic mass is 16.5. The lowest BCUT2D eigenvalue weighted by Crippen LogP contribution is -2.56. The summed E-state index contributed by atoms with van der Waals surface area (Å²) >= 11 is 0. The van der Waals surface area contributed by atoms with E-state index in [1.165, 1.54) is 4.90 Å². The summed E-state index contributed by atoms with van der Waals surface area (Å²) in [6.45, 7) is 3.47. The first-order valence-electron chi connectivity index (χ1n) is 12.0. The first-order chi connectivity index (χ1) is 16.4. The van der Waals surface area contributed by atoms with E-state index in [-0.39, 0.29) is 30.8 Å². The molecule has 3 fully saturated rings. The molecule has 3 aliphatic heterocycles. The summed E-state index contributed by atoms with van der Waals surface area (Å²) in [5.41, 5.74) is -0.404. The zero-order valence-corrected chi connectivity index (χ0v) is 19.3. The number of carbonyl (C=O) groups is 4. The highest BCUT2D eigenvalue weighted by Gasteiger charge is 2.55. The van der Waals surface area contributed by atoms with Crippen LogP contribution in [-0.2, 0) is 19.1 Å². The molecule has 182 valence electrons. The van der Waals surface area contributed by atoms with E-state index < -0.39 is 23.6 Å². The topological polar surface area (TPSA) is 108 Å². The second-order valence-corrected chi connectivity index (χ2v) is 9.46. The van der Waals surface area contributed by atoms with Gasteiger partial charge in [-0.2, -0.15) is 0 Å². The average molecular weight is 471 g/mol. The molecule has 0 aromatic heterocycles. The standard InChI is InChI=1S/C24H30N4O6/c1-16-6-4-5-9-24(16)22(31)28(23(32)25-24)15-20(29)27-14-19(21(30)26-10-12-33-13-11-26)34-18-8-3-2-7-17(18)27/h2-3,7-8,16,19H,4-6,9-15H2,1H3,(H,25,32). The van der Waals surface area contributed by atoms with Crippen molar-refractivity contribution in [2.24, 2.45) is 5.92 Å². The fraction of sp³-hybridized carbons (Fsp3) is 0.583. The van der Waals surface area contributed by atoms with Crippen molar-refractivity contribution in [1.82, 2.24) is 15.1 Å². The normalized spacial score (nSPS) is 29.0. The number of morpholine rings is 1. The molecule has 1 saturated carbocycles. The predicted molar refractivity (Wildman–Crippen MR) is 121 cm³/mol. The molecule has 1 aliphatic carbocycles. The van der Waals surface area contributed by atoms with Crippen molar-refractivity contribution in [3.05, 3.63) is 24.3 Å². The molecule has 1 aromatic rings. The van der Waals surface area contributed by atoms with Gasteiger partial charge in [0.2, 0.25) is 5.91 Å². The van der Waals surface area contributed by atoms with Gasteiger partial charge in [-0.15, -0.1) is 0 Å². The van der Waals surface area contributed by atoms with Gasteiger partial charge < -0.3 is 24.6 Å². The lowest BCUT2D eigenvalue weighted by Gasteiger charge is -2.38. The zero-order chi connectivity index (χ0) is 23.9. The van der Waals surface area contributed by atoms with Gasteiger partial charge in [-0.3, -0.25) is 19.3 Å². The number of para-hydroxylation sites is 2. The van der Waals surface area contributed by atoms with E-state index in [1.807, 2.05) is 6.92 Å². The van der Waals surface area contributed by atoms with Crippen LogP contribution < -0.4 is 15.0 Å². The van der Waals surface area contributed by atoms with Crippen LogP contribution in [0.3, 0.4) is 0 Å². The third-order valence-electron chi connectivity index (χ3n) is 7.47. The van der Waals surface area contributed by atoms with Gasteiger partial charge in [-0.25, -0.2) is 4.79 Å². The van der Waals surface area contributed by atoms with Crippen LogP contribution >= 0.6 is 0 Å². The lowest BCUT2D eigenvalue weighted by atomic mass is 9.73. The maximum absolute atomic E-state index is 13.5. The third kappa shape index (κ3) is 3.79. The summed E-state index contributed by atoms with van der Waals surface area (Å²) in [7, 11) is 0. The zero-order valence-electron chi connectivity index (χ0n) is 19.3. The van der Waals surface area contributed by atoms with E-state index in [0.717, 1.165) is 24.2 Å². The van der Waals surface area contributed by atoms with Gasteiger partial charge in [0.25, 0.3) is 11.8 Å². The summed E-state index contributed by atoms with van der Waals surface area (Å²) in [5, 5.41) is 2.89. The Morgan fingerprint density at radius 2 is 1.91 bits per heavy atom. The third-order valence-corrected chi connectivity index (χ3v) is 7.47. The van der Waals surface area contributed by atoms with Crippen molar-refractivity contribution in [1.29, 1.82) is 0 Å². The minimum Gasteiger partial charge on any atom is -0.476 e. The Labute approximate surface area is 198 Å². The molecule has 3 unspecified atom stereocenters. The molecule has 10 heteroatoms. The monoisotopic (exact) mass is 470 g/mol. The van der Waals surface area contributed by atoms with Gasteiger partial charge in [-0.05, 0) is 30.9 Å². The van der Waals surface area contributed by atoms with E-state index in [9.17, 15) is 19.2 Å². The molecule has 2 saturated heterocycles. The molecule has 0 bridgehead atoms. The van der Waals surface area contributed by atoms with Crippen molar-refractivity contribution in [3.63, 3.8) is 0 Å². The summed E-state index contributed by atoms with van der Waals surface area (Å²) in [5.74, 6) is -0.540. The molecule has 5 rings (SSSR count). The van der Waals surface area contributed by atoms with Crippen LogP contribution in [0.1, 0.15) is 32.6 Å². The number of ether oxygens (including phenoxy) is 2. The summed E-state index contributed by atoms with van der Waals surface area (Å²) in [4.78, 5) is 56.8. The largest absolute Gasteiger partial charge is 0.476 e. The number of hydrogen-bond donors (Lipinski definition) is 1. The van der Waals surface area contributed by atoms with Crippen molar-refractivity contribution in [2.75, 3.05) is 44.3 Å². The number of benzene rings is 1. The molecule has 0 radical (unpaired) electrons. The van der Waals surface area contributed by atoms with Crippen molar-refractivity contribution in [3.8, 4) is 5.75 Å². The molecule has 3 heterocycles. The van der Waals surface area contributed by atoms with E-state index >= 15 is 0 Å². The maximum atomic E-state index is 13.5. The van der Waals surface area contributed by atoms with E-state index in [0.29, 0.717) is 44.2 Å². The summed E-state index contributed by atoms with van der Waals surface area (Å²) in [6.07, 6.45) is 2.45. The number of amides is 5. The summed E-state index contributed by atoms with van der Waals surface area (Å²) in [6, 6.07) is 6.46. The minimum atomic E-state index is -0.923. The van der Waals surface area contributed by atoms with Crippen LogP contribution in [0.2, 0.25) is 0 Å². The molecule has 1 N–H and O–H groups in total. The number of nitrogens with one attached hydrogen (secondary N) is 1. The lowest BCUT2D eigenvalue weighted by molar-refractivity contribution is -0.143. The number of hydrogen-bond acceptors (Lipinski definition) is 6. The van der Waals surface area contributed by atoms with Gasteiger partial charge in [0.1, 0.15) is 17.8 Å². The highest BCUT2D eigenvalue weighted by molar-refractivity contribution is 6.11. The molecule has 10 nitrogen and oxygen atoms in total. The Bertz CT molecular complexity index is 1010. The van der Waals surface area contributed by atoms with Gasteiger partial charge in [0.15, 0.2) is 6.10 Å². The Morgan fingerprint density at radius 3 is 2.68 bits per heavy atom. The second kappa shape index (κ2) is 8.90. The minimum absolute atomic E-state index is 0.0111. The number of fused-ring (bicyclic) bond motifs is 1. The Kier molecular flexibility index (Phi) is 5.93. The maximum Gasteiger partial charge on any atom is 0.325 e. The molecule has 34 heavy (non-hydrogen) atoms. The smallest absolute Gasteiger partial charge is 0.325 e. The van der Waals surface area contributed by atoms with Crippen LogP contribution in [0.15, 0.2) is 24.3 Å². The van der Waals surface area contributed by atoms with E-state index in [4.69, 9.17) is 9.47 Å². The first kappa shape index (κ1) is 22.6. The molecule has 1 spiro atoms. The van der Waals surface area contributed by atoms with Crippen molar-refractivity contribution < 1.29 is 28.7 Å². The average Bonchev–Trinajstić information content (AvgIpc) is 3.10. The first-order valence-corrected chi connectivity index (χ1v) is 12.0. The van der Waals surface area contributed by atoms with Gasteiger partial charge in [0.05, 0.1) is 25.4 Å².